The zero-order valence-corrected chi connectivity index (χ0v) is 20.7. The molecule has 6 nitrogen and oxygen atoms in total. The Morgan fingerprint density at radius 2 is 1.74 bits per heavy atom. The summed E-state index contributed by atoms with van der Waals surface area (Å²) in [6, 6.07) is 9.53. The average Bonchev–Trinajstić information content (AvgIpc) is 2.88. The summed E-state index contributed by atoms with van der Waals surface area (Å²) < 4.78 is 0. The van der Waals surface area contributed by atoms with Gasteiger partial charge in [-0.05, 0) is 55.5 Å². The van der Waals surface area contributed by atoms with E-state index in [4.69, 9.17) is 0 Å². The zero-order chi connectivity index (χ0) is 24.0. The molecule has 2 aromatic rings. The average molecular weight is 465 g/mol. The van der Waals surface area contributed by atoms with E-state index >= 15 is 0 Å². The van der Waals surface area contributed by atoms with Gasteiger partial charge in [0.15, 0.2) is 0 Å². The summed E-state index contributed by atoms with van der Waals surface area (Å²) in [7, 11) is 0. The molecule has 0 aliphatic carbocycles. The number of benzene rings is 1. The summed E-state index contributed by atoms with van der Waals surface area (Å²) in [5.41, 5.74) is 3.18. The molecule has 0 saturated carbocycles. The fraction of sp³-hybridized carbons (Fsp3) is 0.536. The molecule has 2 heterocycles. The first-order chi connectivity index (χ1) is 16.7. The number of carbonyl (C=O) groups is 2. The van der Waals surface area contributed by atoms with Gasteiger partial charge >= 0.3 is 0 Å². The third-order valence-corrected chi connectivity index (χ3v) is 6.40. The van der Waals surface area contributed by atoms with Crippen LogP contribution in [0, 0.1) is 0 Å². The summed E-state index contributed by atoms with van der Waals surface area (Å²) in [4.78, 5) is 32.1. The predicted molar refractivity (Wildman–Crippen MR) is 139 cm³/mol. The molecule has 184 valence electrons. The van der Waals surface area contributed by atoms with Crippen LogP contribution in [0.5, 0.6) is 0 Å². The highest BCUT2D eigenvalue weighted by Gasteiger charge is 2.19. The maximum atomic E-state index is 13.2. The minimum atomic E-state index is -0.132. The van der Waals surface area contributed by atoms with Crippen LogP contribution in [0.1, 0.15) is 93.5 Å². The molecule has 6 heteroatoms. The summed E-state index contributed by atoms with van der Waals surface area (Å²) in [5.74, 6) is -0.117. The van der Waals surface area contributed by atoms with E-state index in [0.717, 1.165) is 50.0 Å². The molecule has 1 aliphatic rings. The highest BCUT2D eigenvalue weighted by Crippen LogP contribution is 2.27. The predicted octanol–water partition coefficient (Wildman–Crippen LogP) is 6.08. The van der Waals surface area contributed by atoms with Crippen LogP contribution in [-0.2, 0) is 11.3 Å². The zero-order valence-electron chi connectivity index (χ0n) is 20.7. The third kappa shape index (κ3) is 8.47. The Balaban J connectivity index is 1.60. The number of hydrogen-bond donors (Lipinski definition) is 2. The second-order valence-corrected chi connectivity index (χ2v) is 9.24. The second-order valence-electron chi connectivity index (χ2n) is 9.24. The summed E-state index contributed by atoms with van der Waals surface area (Å²) in [5, 5.41) is 6.02. The molecule has 0 bridgehead atoms. The van der Waals surface area contributed by atoms with Crippen LogP contribution < -0.4 is 15.5 Å². The lowest BCUT2D eigenvalue weighted by molar-refractivity contribution is -0.116. The molecule has 2 N–H and O–H groups in total. The summed E-state index contributed by atoms with van der Waals surface area (Å²) in [6.07, 6.45) is 15.8. The highest BCUT2D eigenvalue weighted by atomic mass is 16.2. The van der Waals surface area contributed by atoms with Crippen molar-refractivity contribution < 1.29 is 9.59 Å². The van der Waals surface area contributed by atoms with Crippen molar-refractivity contribution in [2.45, 2.75) is 84.1 Å². The van der Waals surface area contributed by atoms with Crippen LogP contribution in [0.15, 0.2) is 42.7 Å². The van der Waals surface area contributed by atoms with Gasteiger partial charge in [0, 0.05) is 49.8 Å². The topological polar surface area (TPSA) is 74.3 Å². The van der Waals surface area contributed by atoms with Gasteiger partial charge < -0.3 is 15.5 Å². The van der Waals surface area contributed by atoms with E-state index in [1.165, 1.54) is 38.5 Å². The van der Waals surface area contributed by atoms with Gasteiger partial charge in [0.2, 0.25) is 5.91 Å². The Labute approximate surface area is 204 Å². The van der Waals surface area contributed by atoms with Crippen molar-refractivity contribution in [2.24, 2.45) is 0 Å². The number of pyridine rings is 1. The van der Waals surface area contributed by atoms with Gasteiger partial charge in [0.05, 0.1) is 5.56 Å². The molecule has 1 fully saturated rings. The molecule has 0 unspecified atom stereocenters. The van der Waals surface area contributed by atoms with Crippen molar-refractivity contribution in [2.75, 3.05) is 23.3 Å². The quantitative estimate of drug-likeness (QED) is 0.352. The number of nitrogens with one attached hydrogen (secondary N) is 2. The van der Waals surface area contributed by atoms with Gasteiger partial charge in [0.25, 0.3) is 5.91 Å². The van der Waals surface area contributed by atoms with E-state index in [9.17, 15) is 9.59 Å². The van der Waals surface area contributed by atoms with Crippen LogP contribution in [0.25, 0.3) is 0 Å². The van der Waals surface area contributed by atoms with E-state index in [1.54, 1.807) is 12.4 Å². The molecule has 1 aliphatic heterocycles. The molecule has 0 spiro atoms. The number of carbonyl (C=O) groups excluding carboxylic acids is 2. The number of aromatic nitrogens is 1. The van der Waals surface area contributed by atoms with Crippen molar-refractivity contribution in [1.82, 2.24) is 10.3 Å². The summed E-state index contributed by atoms with van der Waals surface area (Å²) >= 11 is 0. The number of rotatable bonds is 13. The second kappa shape index (κ2) is 14.4. The van der Waals surface area contributed by atoms with Crippen molar-refractivity contribution in [3.8, 4) is 0 Å². The first kappa shape index (κ1) is 25.7. The minimum absolute atomic E-state index is 0.0148. The maximum absolute atomic E-state index is 13.2. The van der Waals surface area contributed by atoms with Crippen LogP contribution in [0.3, 0.4) is 0 Å². The van der Waals surface area contributed by atoms with Crippen LogP contribution in [-0.4, -0.2) is 29.9 Å². The smallest absolute Gasteiger partial charge is 0.253 e. The van der Waals surface area contributed by atoms with Gasteiger partial charge in [-0.3, -0.25) is 14.6 Å². The first-order valence-corrected chi connectivity index (χ1v) is 13.0. The van der Waals surface area contributed by atoms with E-state index in [2.05, 4.69) is 27.4 Å². The van der Waals surface area contributed by atoms with Gasteiger partial charge in [0.1, 0.15) is 0 Å². The van der Waals surface area contributed by atoms with Crippen LogP contribution in [0.2, 0.25) is 0 Å². The molecule has 3 rings (SSSR count). The van der Waals surface area contributed by atoms with E-state index in [0.29, 0.717) is 24.2 Å². The van der Waals surface area contributed by atoms with E-state index < -0.39 is 0 Å². The molecule has 34 heavy (non-hydrogen) atoms. The minimum Gasteiger partial charge on any atom is -0.371 e. The maximum Gasteiger partial charge on any atom is 0.253 e. The SMILES string of the molecule is CCCCCCCCCC(=O)Nc1ccc(N2CCCCC2)c(C(=O)NCc2cccnc2)c1. The number of anilines is 2. The van der Waals surface area contributed by atoms with E-state index in [1.807, 2.05) is 30.3 Å². The van der Waals surface area contributed by atoms with Crippen molar-refractivity contribution in [3.05, 3.63) is 53.9 Å². The first-order valence-electron chi connectivity index (χ1n) is 13.0. The lowest BCUT2D eigenvalue weighted by Crippen LogP contribution is -2.32. The normalized spacial score (nSPS) is 13.5. The molecule has 1 aromatic carbocycles. The number of hydrogen-bond acceptors (Lipinski definition) is 4. The van der Waals surface area contributed by atoms with Gasteiger partial charge in [-0.1, -0.05) is 51.5 Å². The fourth-order valence-corrected chi connectivity index (χ4v) is 4.45. The van der Waals surface area contributed by atoms with Gasteiger partial charge in [-0.15, -0.1) is 0 Å². The van der Waals surface area contributed by atoms with Crippen molar-refractivity contribution in [3.63, 3.8) is 0 Å². The molecule has 1 aromatic heterocycles. The Morgan fingerprint density at radius 1 is 0.971 bits per heavy atom. The summed E-state index contributed by atoms with van der Waals surface area (Å²) in [6.45, 7) is 4.54. The standard InChI is InChI=1S/C28H40N4O2/c1-2-3-4-5-6-7-9-14-27(33)31-24-15-16-26(32-18-10-8-11-19-32)25(20-24)28(34)30-22-23-13-12-17-29-21-23/h12-13,15-17,20-21H,2-11,14,18-19,22H2,1H3,(H,30,34)(H,31,33). The largest absolute Gasteiger partial charge is 0.371 e. The van der Waals surface area contributed by atoms with Gasteiger partial charge in [-0.25, -0.2) is 0 Å². The van der Waals surface area contributed by atoms with Crippen LogP contribution in [0.4, 0.5) is 11.4 Å². The number of amides is 2. The number of nitrogens with zero attached hydrogens (tertiary/aromatic N) is 2. The fourth-order valence-electron chi connectivity index (χ4n) is 4.45. The number of unbranched alkanes of at least 4 members (excludes halogenated alkanes) is 6. The van der Waals surface area contributed by atoms with Crippen molar-refractivity contribution >= 4 is 23.2 Å². The Kier molecular flexibility index (Phi) is 10.9. The van der Waals surface area contributed by atoms with Crippen LogP contribution >= 0.6 is 0 Å². The molecule has 0 atom stereocenters. The monoisotopic (exact) mass is 464 g/mol. The van der Waals surface area contributed by atoms with Gasteiger partial charge in [-0.2, -0.15) is 0 Å². The lowest BCUT2D eigenvalue weighted by atomic mass is 10.1. The third-order valence-electron chi connectivity index (χ3n) is 6.40. The van der Waals surface area contributed by atoms with E-state index in [-0.39, 0.29) is 11.8 Å². The number of piperidine rings is 1. The Bertz CT molecular complexity index is 895. The molecular formula is C28H40N4O2. The lowest BCUT2D eigenvalue weighted by Gasteiger charge is -2.30. The molecule has 2 amide bonds. The van der Waals surface area contributed by atoms with Crippen molar-refractivity contribution in [1.29, 1.82) is 0 Å². The molecular weight excluding hydrogens is 424 g/mol. The molecule has 1 saturated heterocycles. The Hall–Kier alpha value is -2.89. The Morgan fingerprint density at radius 3 is 2.47 bits per heavy atom. The molecule has 0 radical (unpaired) electrons. The highest BCUT2D eigenvalue weighted by molar-refractivity contribution is 6.02.